The molecule has 1 amide bonds. The Kier molecular flexibility index (Phi) is 3.53. The summed E-state index contributed by atoms with van der Waals surface area (Å²) in [6, 6.07) is 5.48. The third-order valence-corrected chi connectivity index (χ3v) is 4.80. The highest BCUT2D eigenvalue weighted by molar-refractivity contribution is 5.93. The predicted octanol–water partition coefficient (Wildman–Crippen LogP) is 2.55. The summed E-state index contributed by atoms with van der Waals surface area (Å²) >= 11 is 0. The number of nitrogens with one attached hydrogen (secondary N) is 1. The van der Waals surface area contributed by atoms with E-state index in [4.69, 9.17) is 9.15 Å². The lowest BCUT2D eigenvalue weighted by atomic mass is 10.1. The van der Waals surface area contributed by atoms with Crippen LogP contribution in [0.2, 0.25) is 0 Å². The number of fused-ring (bicyclic) bond motifs is 1. The first-order valence-electron chi connectivity index (χ1n) is 8.90. The van der Waals surface area contributed by atoms with E-state index in [1.165, 1.54) is 0 Å². The third-order valence-electron chi connectivity index (χ3n) is 4.80. The number of aromatic nitrogens is 4. The minimum atomic E-state index is 0.00681. The SMILES string of the molecule is Cc1ccc(-c2nc(NC(=O)C3CC3)cc3nc(C4CCOC4)nn23)o1. The monoisotopic (exact) mass is 353 g/mol. The van der Waals surface area contributed by atoms with Crippen LogP contribution in [-0.4, -0.2) is 38.7 Å². The number of aryl methyl sites for hydroxylation is 1. The Morgan fingerprint density at radius 2 is 2.15 bits per heavy atom. The van der Waals surface area contributed by atoms with Gasteiger partial charge in [0.15, 0.2) is 17.2 Å². The topological polar surface area (TPSA) is 94.5 Å². The van der Waals surface area contributed by atoms with E-state index in [1.54, 1.807) is 10.6 Å². The second-order valence-corrected chi connectivity index (χ2v) is 6.94. The second-order valence-electron chi connectivity index (χ2n) is 6.94. The van der Waals surface area contributed by atoms with Crippen molar-refractivity contribution in [2.75, 3.05) is 18.5 Å². The van der Waals surface area contributed by atoms with Crippen molar-refractivity contribution in [2.45, 2.75) is 32.1 Å². The first-order chi connectivity index (χ1) is 12.7. The number of anilines is 1. The van der Waals surface area contributed by atoms with E-state index in [9.17, 15) is 4.79 Å². The number of rotatable bonds is 4. The molecule has 2 aliphatic rings. The Bertz CT molecular complexity index is 982. The summed E-state index contributed by atoms with van der Waals surface area (Å²) < 4.78 is 12.9. The van der Waals surface area contributed by atoms with E-state index in [1.807, 2.05) is 19.1 Å². The molecule has 5 rings (SSSR count). The van der Waals surface area contributed by atoms with Crippen LogP contribution in [0.25, 0.3) is 17.2 Å². The van der Waals surface area contributed by atoms with Crippen LogP contribution < -0.4 is 5.32 Å². The molecule has 134 valence electrons. The van der Waals surface area contributed by atoms with Gasteiger partial charge in [-0.2, -0.15) is 4.52 Å². The first-order valence-corrected chi connectivity index (χ1v) is 8.90. The molecule has 0 aromatic carbocycles. The number of furan rings is 1. The average molecular weight is 353 g/mol. The molecule has 0 bridgehead atoms. The van der Waals surface area contributed by atoms with Gasteiger partial charge < -0.3 is 14.5 Å². The normalized spacial score (nSPS) is 20.0. The Balaban J connectivity index is 1.60. The lowest BCUT2D eigenvalue weighted by Gasteiger charge is -2.06. The van der Waals surface area contributed by atoms with Gasteiger partial charge in [-0.1, -0.05) is 0 Å². The Labute approximate surface area is 149 Å². The van der Waals surface area contributed by atoms with Gasteiger partial charge in [0.2, 0.25) is 11.7 Å². The van der Waals surface area contributed by atoms with Crippen molar-refractivity contribution < 1.29 is 13.9 Å². The highest BCUT2D eigenvalue weighted by atomic mass is 16.5. The second kappa shape index (κ2) is 5.91. The molecule has 0 radical (unpaired) electrons. The molecule has 1 saturated carbocycles. The zero-order valence-electron chi connectivity index (χ0n) is 14.4. The molecular weight excluding hydrogens is 334 g/mol. The highest BCUT2D eigenvalue weighted by Crippen LogP contribution is 2.31. The zero-order valence-corrected chi connectivity index (χ0v) is 14.4. The van der Waals surface area contributed by atoms with Crippen molar-refractivity contribution in [3.8, 4) is 11.6 Å². The summed E-state index contributed by atoms with van der Waals surface area (Å²) in [7, 11) is 0. The van der Waals surface area contributed by atoms with Crippen LogP contribution in [0, 0.1) is 12.8 Å². The van der Waals surface area contributed by atoms with Gasteiger partial charge in [-0.25, -0.2) is 9.97 Å². The van der Waals surface area contributed by atoms with Crippen molar-refractivity contribution in [2.24, 2.45) is 5.92 Å². The van der Waals surface area contributed by atoms with Crippen molar-refractivity contribution >= 4 is 17.4 Å². The van der Waals surface area contributed by atoms with E-state index >= 15 is 0 Å². The van der Waals surface area contributed by atoms with E-state index < -0.39 is 0 Å². The third kappa shape index (κ3) is 2.76. The maximum atomic E-state index is 12.1. The maximum Gasteiger partial charge on any atom is 0.228 e. The van der Waals surface area contributed by atoms with Crippen LogP contribution in [0.3, 0.4) is 0 Å². The summed E-state index contributed by atoms with van der Waals surface area (Å²) in [5.41, 5.74) is 0.636. The Morgan fingerprint density at radius 3 is 2.85 bits per heavy atom. The highest BCUT2D eigenvalue weighted by Gasteiger charge is 2.30. The Morgan fingerprint density at radius 1 is 1.27 bits per heavy atom. The van der Waals surface area contributed by atoms with Gasteiger partial charge >= 0.3 is 0 Å². The molecule has 2 fully saturated rings. The number of hydrogen-bond donors (Lipinski definition) is 1. The van der Waals surface area contributed by atoms with Crippen LogP contribution >= 0.6 is 0 Å². The quantitative estimate of drug-likeness (QED) is 0.774. The summed E-state index contributed by atoms with van der Waals surface area (Å²) in [4.78, 5) is 21.4. The molecule has 1 saturated heterocycles. The summed E-state index contributed by atoms with van der Waals surface area (Å²) in [6.07, 6.45) is 2.79. The lowest BCUT2D eigenvalue weighted by molar-refractivity contribution is -0.117. The fourth-order valence-electron chi connectivity index (χ4n) is 3.17. The van der Waals surface area contributed by atoms with Gasteiger partial charge in [0, 0.05) is 24.5 Å². The molecule has 0 spiro atoms. The molecule has 1 atom stereocenters. The van der Waals surface area contributed by atoms with Gasteiger partial charge in [0.05, 0.1) is 6.61 Å². The number of hydrogen-bond acceptors (Lipinski definition) is 6. The van der Waals surface area contributed by atoms with E-state index in [-0.39, 0.29) is 17.7 Å². The van der Waals surface area contributed by atoms with Gasteiger partial charge in [-0.3, -0.25) is 4.79 Å². The van der Waals surface area contributed by atoms with Crippen LogP contribution in [0.15, 0.2) is 22.6 Å². The molecule has 8 nitrogen and oxygen atoms in total. The van der Waals surface area contributed by atoms with E-state index in [2.05, 4.69) is 20.4 Å². The minimum Gasteiger partial charge on any atom is -0.458 e. The van der Waals surface area contributed by atoms with Gasteiger partial charge in [-0.05, 0) is 38.3 Å². The van der Waals surface area contributed by atoms with Crippen LogP contribution in [0.5, 0.6) is 0 Å². The fourth-order valence-corrected chi connectivity index (χ4v) is 3.17. The first kappa shape index (κ1) is 15.5. The molecule has 8 heteroatoms. The molecule has 26 heavy (non-hydrogen) atoms. The lowest BCUT2D eigenvalue weighted by Crippen LogP contribution is -2.15. The average Bonchev–Trinajstić information content (AvgIpc) is 3.00. The number of carbonyl (C=O) groups is 1. The van der Waals surface area contributed by atoms with Crippen LogP contribution in [-0.2, 0) is 9.53 Å². The molecule has 1 unspecified atom stereocenters. The Hall–Kier alpha value is -2.74. The fraction of sp³-hybridized carbons (Fsp3) is 0.444. The molecular formula is C18H19N5O3. The van der Waals surface area contributed by atoms with E-state index in [0.717, 1.165) is 37.5 Å². The van der Waals surface area contributed by atoms with Crippen LogP contribution in [0.4, 0.5) is 5.82 Å². The number of ether oxygens (including phenoxy) is 1. The van der Waals surface area contributed by atoms with Crippen molar-refractivity contribution in [3.05, 3.63) is 29.8 Å². The van der Waals surface area contributed by atoms with Gasteiger partial charge in [0.25, 0.3) is 0 Å². The van der Waals surface area contributed by atoms with Crippen molar-refractivity contribution in [3.63, 3.8) is 0 Å². The summed E-state index contributed by atoms with van der Waals surface area (Å²) in [5.74, 6) is 3.41. The number of amides is 1. The summed E-state index contributed by atoms with van der Waals surface area (Å²) in [6.45, 7) is 3.23. The van der Waals surface area contributed by atoms with Gasteiger partial charge in [0.1, 0.15) is 11.6 Å². The molecule has 1 aliphatic carbocycles. The molecule has 4 heterocycles. The molecule has 1 aliphatic heterocycles. The molecule has 3 aromatic heterocycles. The molecule has 3 aromatic rings. The van der Waals surface area contributed by atoms with Crippen molar-refractivity contribution in [1.29, 1.82) is 0 Å². The minimum absolute atomic E-state index is 0.00681. The zero-order chi connectivity index (χ0) is 17.7. The number of carbonyl (C=O) groups excluding carboxylic acids is 1. The summed E-state index contributed by atoms with van der Waals surface area (Å²) in [5, 5.41) is 7.53. The smallest absolute Gasteiger partial charge is 0.228 e. The van der Waals surface area contributed by atoms with Crippen molar-refractivity contribution in [1.82, 2.24) is 19.6 Å². The van der Waals surface area contributed by atoms with Gasteiger partial charge in [-0.15, -0.1) is 5.10 Å². The molecule has 1 N–H and O–H groups in total. The van der Waals surface area contributed by atoms with E-state index in [0.29, 0.717) is 29.7 Å². The largest absolute Gasteiger partial charge is 0.458 e. The predicted molar refractivity (Wildman–Crippen MR) is 92.8 cm³/mol. The number of nitrogens with zero attached hydrogens (tertiary/aromatic N) is 4. The maximum absolute atomic E-state index is 12.1. The van der Waals surface area contributed by atoms with Crippen LogP contribution in [0.1, 0.15) is 36.8 Å². The standard InChI is InChI=1S/C18H19N5O3/c1-10-2-5-13(26-10)17-19-14(20-18(24)11-3-4-11)8-15-21-16(22-23(15)17)12-6-7-25-9-12/h2,5,8,11-12H,3-4,6-7,9H2,1H3,(H,20,24).